The first-order valence-corrected chi connectivity index (χ1v) is 8.82. The van der Waals surface area contributed by atoms with Crippen molar-refractivity contribution in [2.45, 2.75) is 77.8 Å². The van der Waals surface area contributed by atoms with Gasteiger partial charge in [0.2, 0.25) is 0 Å². The summed E-state index contributed by atoms with van der Waals surface area (Å²) in [5, 5.41) is 0. The topological polar surface area (TPSA) is 32.5 Å². The van der Waals surface area contributed by atoms with Crippen LogP contribution in [0.4, 0.5) is 0 Å². The van der Waals surface area contributed by atoms with E-state index in [4.69, 9.17) is 5.73 Å². The molecule has 120 valence electrons. The van der Waals surface area contributed by atoms with Crippen LogP contribution in [0.1, 0.15) is 66.2 Å². The molecule has 0 radical (unpaired) electrons. The molecule has 0 bridgehead atoms. The Morgan fingerprint density at radius 3 is 2.50 bits per heavy atom. The van der Waals surface area contributed by atoms with E-state index in [0.29, 0.717) is 6.04 Å². The average Bonchev–Trinajstić information content (AvgIpc) is 2.70. The van der Waals surface area contributed by atoms with Crippen LogP contribution in [0.2, 0.25) is 0 Å². The molecule has 2 unspecified atom stereocenters. The van der Waals surface area contributed by atoms with Crippen molar-refractivity contribution in [3.8, 4) is 0 Å². The minimum Gasteiger partial charge on any atom is -0.329 e. The van der Waals surface area contributed by atoms with Crippen molar-refractivity contribution in [1.29, 1.82) is 0 Å². The van der Waals surface area contributed by atoms with Crippen molar-refractivity contribution in [3.05, 3.63) is 0 Å². The SMILES string of the molecule is CCCCN(C(C)CC)C1(CN)CCCN(CC)CC1. The minimum atomic E-state index is 0.245. The smallest absolute Gasteiger partial charge is 0.0347 e. The molecule has 0 amide bonds. The van der Waals surface area contributed by atoms with Gasteiger partial charge in [-0.1, -0.05) is 27.2 Å². The summed E-state index contributed by atoms with van der Waals surface area (Å²) in [6.07, 6.45) is 7.60. The lowest BCUT2D eigenvalue weighted by Crippen LogP contribution is -2.57. The fourth-order valence-electron chi connectivity index (χ4n) is 3.63. The van der Waals surface area contributed by atoms with Gasteiger partial charge in [-0.2, -0.15) is 0 Å². The summed E-state index contributed by atoms with van der Waals surface area (Å²) < 4.78 is 0. The van der Waals surface area contributed by atoms with Gasteiger partial charge in [0.1, 0.15) is 0 Å². The number of likely N-dealkylation sites (tertiary alicyclic amines) is 1. The summed E-state index contributed by atoms with van der Waals surface area (Å²) in [4.78, 5) is 5.35. The predicted octanol–water partition coefficient (Wildman–Crippen LogP) is 3.09. The lowest BCUT2D eigenvalue weighted by Gasteiger charge is -2.46. The zero-order chi connectivity index (χ0) is 15.0. The van der Waals surface area contributed by atoms with E-state index in [-0.39, 0.29) is 5.54 Å². The summed E-state index contributed by atoms with van der Waals surface area (Å²) in [5.74, 6) is 0. The Labute approximate surface area is 126 Å². The summed E-state index contributed by atoms with van der Waals surface area (Å²) in [5.41, 5.74) is 6.54. The summed E-state index contributed by atoms with van der Waals surface area (Å²) in [6.45, 7) is 14.9. The second-order valence-corrected chi connectivity index (χ2v) is 6.52. The normalized spacial score (nSPS) is 26.7. The van der Waals surface area contributed by atoms with Gasteiger partial charge < -0.3 is 10.6 Å². The van der Waals surface area contributed by atoms with Crippen molar-refractivity contribution in [2.75, 3.05) is 32.7 Å². The van der Waals surface area contributed by atoms with Crippen LogP contribution in [0.5, 0.6) is 0 Å². The fourth-order valence-corrected chi connectivity index (χ4v) is 3.63. The van der Waals surface area contributed by atoms with Crippen molar-refractivity contribution in [1.82, 2.24) is 9.80 Å². The first kappa shape index (κ1) is 17.9. The lowest BCUT2D eigenvalue weighted by molar-refractivity contribution is 0.0385. The number of nitrogens with zero attached hydrogens (tertiary/aromatic N) is 2. The highest BCUT2D eigenvalue weighted by atomic mass is 15.2. The van der Waals surface area contributed by atoms with Crippen LogP contribution < -0.4 is 5.73 Å². The Bertz CT molecular complexity index is 257. The van der Waals surface area contributed by atoms with Gasteiger partial charge in [0.15, 0.2) is 0 Å². The molecule has 3 heteroatoms. The number of nitrogens with two attached hydrogens (primary N) is 1. The molecule has 0 aromatic rings. The average molecular weight is 284 g/mol. The van der Waals surface area contributed by atoms with Crippen LogP contribution in [-0.2, 0) is 0 Å². The standard InChI is InChI=1S/C17H37N3/c1-5-8-13-20(16(4)6-2)17(15-18)10-9-12-19(7-3)14-11-17/h16H,5-15,18H2,1-4H3. The van der Waals surface area contributed by atoms with Crippen LogP contribution >= 0.6 is 0 Å². The maximum absolute atomic E-state index is 6.30. The molecule has 0 saturated carbocycles. The maximum Gasteiger partial charge on any atom is 0.0347 e. The monoisotopic (exact) mass is 283 g/mol. The van der Waals surface area contributed by atoms with Gasteiger partial charge in [0, 0.05) is 18.1 Å². The molecular formula is C17H37N3. The largest absolute Gasteiger partial charge is 0.329 e. The van der Waals surface area contributed by atoms with Gasteiger partial charge in [-0.3, -0.25) is 4.90 Å². The van der Waals surface area contributed by atoms with E-state index < -0.39 is 0 Å². The van der Waals surface area contributed by atoms with Crippen molar-refractivity contribution >= 4 is 0 Å². The van der Waals surface area contributed by atoms with Crippen LogP contribution in [0, 0.1) is 0 Å². The molecule has 20 heavy (non-hydrogen) atoms. The third-order valence-electron chi connectivity index (χ3n) is 5.32. The van der Waals surface area contributed by atoms with Gasteiger partial charge >= 0.3 is 0 Å². The summed E-state index contributed by atoms with van der Waals surface area (Å²) in [7, 11) is 0. The van der Waals surface area contributed by atoms with E-state index in [2.05, 4.69) is 37.5 Å². The van der Waals surface area contributed by atoms with Crippen LogP contribution in [0.3, 0.4) is 0 Å². The quantitative estimate of drug-likeness (QED) is 0.743. The van der Waals surface area contributed by atoms with E-state index in [0.717, 1.165) is 6.54 Å². The highest BCUT2D eigenvalue weighted by Crippen LogP contribution is 2.31. The molecule has 1 fully saturated rings. The molecule has 2 N–H and O–H groups in total. The maximum atomic E-state index is 6.30. The molecule has 1 heterocycles. The molecule has 0 aromatic heterocycles. The van der Waals surface area contributed by atoms with E-state index in [1.54, 1.807) is 0 Å². The van der Waals surface area contributed by atoms with Crippen molar-refractivity contribution < 1.29 is 0 Å². The molecular weight excluding hydrogens is 246 g/mol. The molecule has 1 aliphatic rings. The van der Waals surface area contributed by atoms with E-state index in [9.17, 15) is 0 Å². The van der Waals surface area contributed by atoms with Crippen molar-refractivity contribution in [3.63, 3.8) is 0 Å². The zero-order valence-electron chi connectivity index (χ0n) is 14.3. The first-order chi connectivity index (χ1) is 9.63. The second-order valence-electron chi connectivity index (χ2n) is 6.52. The molecule has 1 saturated heterocycles. The Hall–Kier alpha value is -0.120. The molecule has 1 rings (SSSR count). The first-order valence-electron chi connectivity index (χ1n) is 8.82. The molecule has 2 atom stereocenters. The highest BCUT2D eigenvalue weighted by molar-refractivity contribution is 4.96. The Morgan fingerprint density at radius 1 is 1.20 bits per heavy atom. The minimum absolute atomic E-state index is 0.245. The van der Waals surface area contributed by atoms with Crippen LogP contribution in [0.15, 0.2) is 0 Å². The van der Waals surface area contributed by atoms with Crippen molar-refractivity contribution in [2.24, 2.45) is 5.73 Å². The van der Waals surface area contributed by atoms with Crippen LogP contribution in [0.25, 0.3) is 0 Å². The fraction of sp³-hybridized carbons (Fsp3) is 1.00. The Kier molecular flexibility index (Phi) is 8.08. The highest BCUT2D eigenvalue weighted by Gasteiger charge is 2.38. The van der Waals surface area contributed by atoms with Gasteiger partial charge in [-0.15, -0.1) is 0 Å². The Morgan fingerprint density at radius 2 is 1.95 bits per heavy atom. The number of hydrogen-bond donors (Lipinski definition) is 1. The third-order valence-corrected chi connectivity index (χ3v) is 5.32. The van der Waals surface area contributed by atoms with E-state index >= 15 is 0 Å². The van der Waals surface area contributed by atoms with Gasteiger partial charge in [0.25, 0.3) is 0 Å². The molecule has 3 nitrogen and oxygen atoms in total. The summed E-state index contributed by atoms with van der Waals surface area (Å²) >= 11 is 0. The van der Waals surface area contributed by atoms with Gasteiger partial charge in [0.05, 0.1) is 0 Å². The van der Waals surface area contributed by atoms with E-state index in [1.165, 1.54) is 64.7 Å². The number of hydrogen-bond acceptors (Lipinski definition) is 3. The second kappa shape index (κ2) is 9.01. The number of rotatable bonds is 8. The third kappa shape index (κ3) is 4.44. The van der Waals surface area contributed by atoms with Gasteiger partial charge in [-0.25, -0.2) is 0 Å². The molecule has 1 aliphatic heterocycles. The lowest BCUT2D eigenvalue weighted by atomic mass is 9.86. The molecule has 0 aromatic carbocycles. The molecule has 0 aliphatic carbocycles. The predicted molar refractivity (Wildman–Crippen MR) is 89.1 cm³/mol. The Balaban J connectivity index is 2.85. The zero-order valence-corrected chi connectivity index (χ0v) is 14.3. The van der Waals surface area contributed by atoms with E-state index in [1.807, 2.05) is 0 Å². The summed E-state index contributed by atoms with van der Waals surface area (Å²) in [6, 6.07) is 0.651. The van der Waals surface area contributed by atoms with Gasteiger partial charge in [-0.05, 0) is 65.2 Å². The van der Waals surface area contributed by atoms with Crippen LogP contribution in [-0.4, -0.2) is 54.1 Å². The molecule has 0 spiro atoms. The number of unbranched alkanes of at least 4 members (excludes halogenated alkanes) is 1.